The molecule has 2 aromatic rings. The molecule has 24 heavy (non-hydrogen) atoms. The normalized spacial score (nSPS) is 11.7. The van der Waals surface area contributed by atoms with Crippen molar-refractivity contribution in [3.8, 4) is 11.5 Å². The molecule has 0 atom stereocenters. The lowest BCUT2D eigenvalue weighted by Crippen LogP contribution is -2.05. The molecule has 0 saturated heterocycles. The number of aromatic hydroxyl groups is 1. The molecule has 2 rings (SSSR count). The van der Waals surface area contributed by atoms with Crippen molar-refractivity contribution >= 4 is 23.5 Å². The van der Waals surface area contributed by atoms with Gasteiger partial charge in [0.25, 0.3) is 0 Å². The summed E-state index contributed by atoms with van der Waals surface area (Å²) < 4.78 is 43.3. The van der Waals surface area contributed by atoms with Crippen LogP contribution < -0.4 is 10.2 Å². The van der Waals surface area contributed by atoms with E-state index in [-0.39, 0.29) is 16.5 Å². The van der Waals surface area contributed by atoms with Crippen molar-refractivity contribution in [3.05, 3.63) is 52.5 Å². The van der Waals surface area contributed by atoms with Crippen LogP contribution in [0.15, 0.2) is 41.5 Å². The van der Waals surface area contributed by atoms with E-state index in [1.165, 1.54) is 12.3 Å². The molecular formula is C16H14ClF3N2O2. The summed E-state index contributed by atoms with van der Waals surface area (Å²) in [6.07, 6.45) is -3.21. The minimum atomic E-state index is -4.47. The first-order chi connectivity index (χ1) is 11.3. The van der Waals surface area contributed by atoms with Crippen molar-refractivity contribution < 1.29 is 23.0 Å². The Bertz CT molecular complexity index is 749. The standard InChI is InChI=1S/C16H14ClF3N2O2/c1-2-24-12-5-3-10(15(23)8-12)9-21-22-14-7-11(16(18,19)20)4-6-13(14)17/h3-9,22-23H,2H2,1H3. The first-order valence-corrected chi connectivity index (χ1v) is 7.30. The van der Waals surface area contributed by atoms with E-state index in [9.17, 15) is 18.3 Å². The van der Waals surface area contributed by atoms with Gasteiger partial charge in [0, 0.05) is 11.6 Å². The maximum Gasteiger partial charge on any atom is 0.416 e. The summed E-state index contributed by atoms with van der Waals surface area (Å²) in [6, 6.07) is 7.51. The number of hydrazone groups is 1. The van der Waals surface area contributed by atoms with E-state index in [1.807, 2.05) is 6.92 Å². The van der Waals surface area contributed by atoms with Gasteiger partial charge in [0.05, 0.1) is 29.1 Å². The molecule has 2 aromatic carbocycles. The first-order valence-electron chi connectivity index (χ1n) is 6.93. The topological polar surface area (TPSA) is 53.8 Å². The lowest BCUT2D eigenvalue weighted by atomic mass is 10.2. The second kappa shape index (κ2) is 7.44. The molecule has 0 amide bonds. The van der Waals surface area contributed by atoms with Crippen molar-refractivity contribution in [3.63, 3.8) is 0 Å². The Labute approximate surface area is 141 Å². The lowest BCUT2D eigenvalue weighted by molar-refractivity contribution is -0.137. The van der Waals surface area contributed by atoms with Gasteiger partial charge in [-0.2, -0.15) is 18.3 Å². The predicted octanol–water partition coefficient (Wildman–Crippen LogP) is 4.91. The van der Waals surface area contributed by atoms with E-state index in [0.717, 1.165) is 18.2 Å². The van der Waals surface area contributed by atoms with Gasteiger partial charge >= 0.3 is 6.18 Å². The number of phenols is 1. The number of hydrogen-bond donors (Lipinski definition) is 2. The zero-order valence-electron chi connectivity index (χ0n) is 12.6. The van der Waals surface area contributed by atoms with Crippen LogP contribution >= 0.6 is 11.6 Å². The Hall–Kier alpha value is -2.41. The van der Waals surface area contributed by atoms with Gasteiger partial charge in [-0.25, -0.2) is 0 Å². The van der Waals surface area contributed by atoms with Crippen molar-refractivity contribution in [2.45, 2.75) is 13.1 Å². The number of halogens is 4. The summed E-state index contributed by atoms with van der Waals surface area (Å²) >= 11 is 5.85. The summed E-state index contributed by atoms with van der Waals surface area (Å²) in [5.74, 6) is 0.433. The molecule has 0 saturated carbocycles. The molecule has 0 heterocycles. The maximum absolute atomic E-state index is 12.7. The second-order valence-corrected chi connectivity index (χ2v) is 5.12. The number of nitrogens with one attached hydrogen (secondary N) is 1. The average molecular weight is 359 g/mol. The van der Waals surface area contributed by atoms with Gasteiger partial charge in [-0.3, -0.25) is 5.43 Å². The van der Waals surface area contributed by atoms with Crippen molar-refractivity contribution in [1.82, 2.24) is 0 Å². The molecule has 4 nitrogen and oxygen atoms in total. The molecule has 2 N–H and O–H groups in total. The molecule has 8 heteroatoms. The second-order valence-electron chi connectivity index (χ2n) is 4.72. The Morgan fingerprint density at radius 2 is 2.00 bits per heavy atom. The largest absolute Gasteiger partial charge is 0.507 e. The van der Waals surface area contributed by atoms with Crippen LogP contribution in [0.2, 0.25) is 5.02 Å². The molecule has 0 fully saturated rings. The Balaban J connectivity index is 2.14. The lowest BCUT2D eigenvalue weighted by Gasteiger charge is -2.10. The molecule has 0 unspecified atom stereocenters. The summed E-state index contributed by atoms with van der Waals surface area (Å²) in [5, 5.41) is 13.7. The number of nitrogens with zero attached hydrogens (tertiary/aromatic N) is 1. The highest BCUT2D eigenvalue weighted by Crippen LogP contribution is 2.33. The molecule has 0 radical (unpaired) electrons. The zero-order valence-corrected chi connectivity index (χ0v) is 13.3. The van der Waals surface area contributed by atoms with Gasteiger partial charge in [0.2, 0.25) is 0 Å². The summed E-state index contributed by atoms with van der Waals surface area (Å²) in [5.41, 5.74) is 1.97. The van der Waals surface area contributed by atoms with Crippen LogP contribution in [-0.2, 0) is 6.18 Å². The monoisotopic (exact) mass is 358 g/mol. The third-order valence-electron chi connectivity index (χ3n) is 3.00. The quantitative estimate of drug-likeness (QED) is 0.590. The van der Waals surface area contributed by atoms with Gasteiger partial charge in [0.1, 0.15) is 11.5 Å². The Morgan fingerprint density at radius 1 is 1.25 bits per heavy atom. The molecular weight excluding hydrogens is 345 g/mol. The number of hydrogen-bond acceptors (Lipinski definition) is 4. The van der Waals surface area contributed by atoms with Crippen molar-refractivity contribution in [1.29, 1.82) is 0 Å². The molecule has 0 aromatic heterocycles. The summed E-state index contributed by atoms with van der Waals surface area (Å²) in [4.78, 5) is 0. The zero-order chi connectivity index (χ0) is 17.7. The fourth-order valence-electron chi connectivity index (χ4n) is 1.85. The highest BCUT2D eigenvalue weighted by Gasteiger charge is 2.30. The molecule has 0 spiro atoms. The Kier molecular flexibility index (Phi) is 5.56. The molecule has 128 valence electrons. The van der Waals surface area contributed by atoms with E-state index < -0.39 is 11.7 Å². The predicted molar refractivity (Wildman–Crippen MR) is 86.9 cm³/mol. The minimum absolute atomic E-state index is 0.00756. The number of benzene rings is 2. The van der Waals surface area contributed by atoms with Crippen LogP contribution in [-0.4, -0.2) is 17.9 Å². The van der Waals surface area contributed by atoms with Crippen LogP contribution in [0.3, 0.4) is 0 Å². The van der Waals surface area contributed by atoms with Gasteiger partial charge < -0.3 is 9.84 Å². The third kappa shape index (κ3) is 4.55. The van der Waals surface area contributed by atoms with E-state index in [0.29, 0.717) is 17.9 Å². The summed E-state index contributed by atoms with van der Waals surface area (Å²) in [6.45, 7) is 2.28. The average Bonchev–Trinajstić information content (AvgIpc) is 2.50. The number of alkyl halides is 3. The summed E-state index contributed by atoms with van der Waals surface area (Å²) in [7, 11) is 0. The fraction of sp³-hybridized carbons (Fsp3) is 0.188. The SMILES string of the molecule is CCOc1ccc(C=NNc2cc(C(F)(F)F)ccc2Cl)c(O)c1. The molecule has 0 bridgehead atoms. The van der Waals surface area contributed by atoms with E-state index in [2.05, 4.69) is 10.5 Å². The van der Waals surface area contributed by atoms with Gasteiger partial charge in [0.15, 0.2) is 0 Å². The number of rotatable bonds is 5. The number of ether oxygens (including phenoxy) is 1. The van der Waals surface area contributed by atoms with E-state index >= 15 is 0 Å². The van der Waals surface area contributed by atoms with Crippen LogP contribution in [0.4, 0.5) is 18.9 Å². The molecule has 0 aliphatic rings. The van der Waals surface area contributed by atoms with Gasteiger partial charge in [-0.1, -0.05) is 11.6 Å². The third-order valence-corrected chi connectivity index (χ3v) is 3.32. The first kappa shape index (κ1) is 17.9. The van der Waals surface area contributed by atoms with Gasteiger partial charge in [-0.05, 0) is 37.3 Å². The van der Waals surface area contributed by atoms with Crippen molar-refractivity contribution in [2.24, 2.45) is 5.10 Å². The van der Waals surface area contributed by atoms with Crippen LogP contribution in [0.25, 0.3) is 0 Å². The highest BCUT2D eigenvalue weighted by atomic mass is 35.5. The number of anilines is 1. The van der Waals surface area contributed by atoms with Gasteiger partial charge in [-0.15, -0.1) is 0 Å². The van der Waals surface area contributed by atoms with Crippen molar-refractivity contribution in [2.75, 3.05) is 12.0 Å². The van der Waals surface area contributed by atoms with E-state index in [1.54, 1.807) is 12.1 Å². The Morgan fingerprint density at radius 3 is 2.62 bits per heavy atom. The van der Waals surface area contributed by atoms with Crippen LogP contribution in [0.5, 0.6) is 11.5 Å². The van der Waals surface area contributed by atoms with E-state index in [4.69, 9.17) is 16.3 Å². The smallest absolute Gasteiger partial charge is 0.416 e. The maximum atomic E-state index is 12.7. The molecule has 0 aliphatic carbocycles. The minimum Gasteiger partial charge on any atom is -0.507 e. The molecule has 0 aliphatic heterocycles. The highest BCUT2D eigenvalue weighted by molar-refractivity contribution is 6.33. The number of phenolic OH excluding ortho intramolecular Hbond substituents is 1. The fourth-order valence-corrected chi connectivity index (χ4v) is 2.01. The van der Waals surface area contributed by atoms with Crippen LogP contribution in [0.1, 0.15) is 18.1 Å². The van der Waals surface area contributed by atoms with Crippen LogP contribution in [0, 0.1) is 0 Å².